The van der Waals surface area contributed by atoms with Gasteiger partial charge in [-0.05, 0) is 40.5 Å². The Hall–Kier alpha value is -1.53. The average Bonchev–Trinajstić information content (AvgIpc) is 2.94. The van der Waals surface area contributed by atoms with Gasteiger partial charge >= 0.3 is 0 Å². The molecule has 94 valence electrons. The molecule has 0 spiro atoms. The molecule has 0 amide bonds. The van der Waals surface area contributed by atoms with Crippen molar-refractivity contribution < 1.29 is 9.47 Å². The van der Waals surface area contributed by atoms with Crippen LogP contribution in [0.25, 0.3) is 11.3 Å². The summed E-state index contributed by atoms with van der Waals surface area (Å²) in [5.41, 5.74) is 9.42. The molecule has 0 saturated carbocycles. The Kier molecular flexibility index (Phi) is 2.76. The number of nitrogens with one attached hydrogen (secondary N) is 1. The highest BCUT2D eigenvalue weighted by Crippen LogP contribution is 2.40. The first-order valence-electron chi connectivity index (χ1n) is 5.54. The second-order valence-electron chi connectivity index (χ2n) is 4.09. The van der Waals surface area contributed by atoms with E-state index in [2.05, 4.69) is 26.1 Å². The van der Waals surface area contributed by atoms with Gasteiger partial charge in [-0.25, -0.2) is 0 Å². The highest BCUT2D eigenvalue weighted by molar-refractivity contribution is 9.10. The molecule has 18 heavy (non-hydrogen) atoms. The van der Waals surface area contributed by atoms with E-state index in [0.29, 0.717) is 6.54 Å². The molecule has 2 heterocycles. The lowest BCUT2D eigenvalue weighted by Crippen LogP contribution is -1.96. The van der Waals surface area contributed by atoms with Gasteiger partial charge in [-0.3, -0.25) is 5.10 Å². The maximum absolute atomic E-state index is 5.62. The van der Waals surface area contributed by atoms with E-state index in [9.17, 15) is 0 Å². The number of halogens is 1. The fraction of sp³-hybridized carbons (Fsp3) is 0.250. The van der Waals surface area contributed by atoms with Crippen LogP contribution in [0.2, 0.25) is 0 Å². The highest BCUT2D eigenvalue weighted by Gasteiger charge is 2.19. The number of fused-ring (bicyclic) bond motifs is 1. The third kappa shape index (κ3) is 1.69. The standard InChI is InChI=1S/C12H12BrN3O2/c1-6-2-9-10(18-5-17-9)3-7(6)12-11(13)8(4-14)15-16-12/h2-3H,4-5,14H2,1H3,(H,15,16). The first-order valence-corrected chi connectivity index (χ1v) is 6.33. The van der Waals surface area contributed by atoms with Gasteiger partial charge in [0.15, 0.2) is 11.5 Å². The Morgan fingerprint density at radius 1 is 1.39 bits per heavy atom. The molecule has 3 N–H and O–H groups in total. The van der Waals surface area contributed by atoms with E-state index in [1.165, 1.54) is 0 Å². The van der Waals surface area contributed by atoms with Gasteiger partial charge in [0.25, 0.3) is 0 Å². The molecule has 1 aliphatic heterocycles. The zero-order valence-electron chi connectivity index (χ0n) is 9.79. The normalized spacial score (nSPS) is 13.1. The predicted molar refractivity (Wildman–Crippen MR) is 70.5 cm³/mol. The van der Waals surface area contributed by atoms with Crippen molar-refractivity contribution in [2.45, 2.75) is 13.5 Å². The molecule has 1 aromatic carbocycles. The van der Waals surface area contributed by atoms with Crippen molar-refractivity contribution in [1.29, 1.82) is 0 Å². The summed E-state index contributed by atoms with van der Waals surface area (Å²) in [4.78, 5) is 0. The lowest BCUT2D eigenvalue weighted by atomic mass is 10.0. The van der Waals surface area contributed by atoms with E-state index in [1.54, 1.807) is 0 Å². The van der Waals surface area contributed by atoms with E-state index in [-0.39, 0.29) is 6.79 Å². The minimum absolute atomic E-state index is 0.272. The molecular weight excluding hydrogens is 298 g/mol. The summed E-state index contributed by atoms with van der Waals surface area (Å²) in [5, 5.41) is 7.22. The molecule has 1 aromatic heterocycles. The maximum atomic E-state index is 5.62. The van der Waals surface area contributed by atoms with Crippen LogP contribution >= 0.6 is 15.9 Å². The van der Waals surface area contributed by atoms with Crippen LogP contribution < -0.4 is 15.2 Å². The van der Waals surface area contributed by atoms with Crippen LogP contribution in [0.4, 0.5) is 0 Å². The van der Waals surface area contributed by atoms with Crippen LogP contribution in [0.5, 0.6) is 11.5 Å². The number of hydrogen-bond acceptors (Lipinski definition) is 4. The number of benzene rings is 1. The second kappa shape index (κ2) is 4.29. The molecule has 0 bridgehead atoms. The van der Waals surface area contributed by atoms with Gasteiger partial charge in [0.1, 0.15) is 5.69 Å². The Morgan fingerprint density at radius 3 is 2.78 bits per heavy atom. The van der Waals surface area contributed by atoms with E-state index >= 15 is 0 Å². The maximum Gasteiger partial charge on any atom is 0.231 e. The largest absolute Gasteiger partial charge is 0.454 e. The molecule has 0 saturated heterocycles. The van der Waals surface area contributed by atoms with Gasteiger partial charge in [0, 0.05) is 12.1 Å². The second-order valence-corrected chi connectivity index (χ2v) is 4.88. The van der Waals surface area contributed by atoms with Crippen molar-refractivity contribution in [1.82, 2.24) is 10.2 Å². The third-order valence-corrected chi connectivity index (χ3v) is 3.81. The van der Waals surface area contributed by atoms with Gasteiger partial charge in [-0.15, -0.1) is 0 Å². The predicted octanol–water partition coefficient (Wildman–Crippen LogP) is 2.34. The van der Waals surface area contributed by atoms with Crippen LogP contribution in [0.1, 0.15) is 11.3 Å². The van der Waals surface area contributed by atoms with Gasteiger partial charge in [-0.2, -0.15) is 5.10 Å². The number of aromatic amines is 1. The van der Waals surface area contributed by atoms with Gasteiger partial charge < -0.3 is 15.2 Å². The molecule has 0 atom stereocenters. The van der Waals surface area contributed by atoms with Crippen molar-refractivity contribution in [3.63, 3.8) is 0 Å². The Balaban J connectivity index is 2.14. The van der Waals surface area contributed by atoms with Crippen LogP contribution in [0, 0.1) is 6.92 Å². The number of aryl methyl sites for hydroxylation is 1. The van der Waals surface area contributed by atoms with Crippen molar-refractivity contribution in [3.8, 4) is 22.8 Å². The minimum Gasteiger partial charge on any atom is -0.454 e. The van der Waals surface area contributed by atoms with Gasteiger partial charge in [-0.1, -0.05) is 0 Å². The summed E-state index contributed by atoms with van der Waals surface area (Å²) in [5.74, 6) is 1.53. The van der Waals surface area contributed by atoms with Crippen LogP contribution in [0.15, 0.2) is 16.6 Å². The molecular formula is C12H12BrN3O2. The molecule has 6 heteroatoms. The summed E-state index contributed by atoms with van der Waals surface area (Å²) < 4.78 is 11.6. The fourth-order valence-corrected chi connectivity index (χ4v) is 2.53. The summed E-state index contributed by atoms with van der Waals surface area (Å²) in [7, 11) is 0. The molecule has 0 radical (unpaired) electrons. The van der Waals surface area contributed by atoms with E-state index in [4.69, 9.17) is 15.2 Å². The highest BCUT2D eigenvalue weighted by atomic mass is 79.9. The molecule has 5 nitrogen and oxygen atoms in total. The molecule has 0 aliphatic carbocycles. The zero-order chi connectivity index (χ0) is 12.7. The molecule has 0 unspecified atom stereocenters. The van der Waals surface area contributed by atoms with Crippen molar-refractivity contribution in [2.75, 3.05) is 6.79 Å². The third-order valence-electron chi connectivity index (χ3n) is 2.95. The lowest BCUT2D eigenvalue weighted by Gasteiger charge is -2.05. The quantitative estimate of drug-likeness (QED) is 0.893. The van der Waals surface area contributed by atoms with Crippen LogP contribution in [0.3, 0.4) is 0 Å². The minimum atomic E-state index is 0.272. The van der Waals surface area contributed by atoms with Gasteiger partial charge in [0.2, 0.25) is 6.79 Å². The first-order chi connectivity index (χ1) is 8.70. The van der Waals surface area contributed by atoms with Crippen molar-refractivity contribution in [3.05, 3.63) is 27.9 Å². The summed E-state index contributed by atoms with van der Waals surface area (Å²) in [6, 6.07) is 3.90. The van der Waals surface area contributed by atoms with Crippen molar-refractivity contribution in [2.24, 2.45) is 5.73 Å². The number of H-pyrrole nitrogens is 1. The Morgan fingerprint density at radius 2 is 2.11 bits per heavy atom. The molecule has 2 aromatic rings. The summed E-state index contributed by atoms with van der Waals surface area (Å²) in [6.45, 7) is 2.70. The number of aromatic nitrogens is 2. The van der Waals surface area contributed by atoms with E-state index < -0.39 is 0 Å². The molecule has 0 fully saturated rings. The van der Waals surface area contributed by atoms with Gasteiger partial charge in [0.05, 0.1) is 10.2 Å². The summed E-state index contributed by atoms with van der Waals surface area (Å²) in [6.07, 6.45) is 0. The smallest absolute Gasteiger partial charge is 0.231 e. The number of nitrogens with two attached hydrogens (primary N) is 1. The van der Waals surface area contributed by atoms with E-state index in [1.807, 2.05) is 19.1 Å². The number of nitrogens with zero attached hydrogens (tertiary/aromatic N) is 1. The number of ether oxygens (including phenoxy) is 2. The average molecular weight is 310 g/mol. The van der Waals surface area contributed by atoms with Crippen LogP contribution in [-0.4, -0.2) is 17.0 Å². The lowest BCUT2D eigenvalue weighted by molar-refractivity contribution is 0.174. The SMILES string of the molecule is Cc1cc2c(cc1-c1n[nH]c(CN)c1Br)OCO2. The Labute approximate surface area is 112 Å². The van der Waals surface area contributed by atoms with E-state index in [0.717, 1.165) is 38.5 Å². The monoisotopic (exact) mass is 309 g/mol. The van der Waals surface area contributed by atoms with Crippen LogP contribution in [-0.2, 0) is 6.54 Å². The summed E-state index contributed by atoms with van der Waals surface area (Å²) >= 11 is 3.52. The molecule has 1 aliphatic rings. The van der Waals surface area contributed by atoms with Crippen molar-refractivity contribution >= 4 is 15.9 Å². The first kappa shape index (κ1) is 11.6. The molecule has 3 rings (SSSR count). The number of hydrogen-bond donors (Lipinski definition) is 2. The number of rotatable bonds is 2. The topological polar surface area (TPSA) is 73.2 Å². The fourth-order valence-electron chi connectivity index (χ4n) is 1.98. The Bertz CT molecular complexity index is 610. The zero-order valence-corrected chi connectivity index (χ0v) is 11.4.